The Kier molecular flexibility index (Phi) is 6.57. The van der Waals surface area contributed by atoms with Crippen molar-refractivity contribution >= 4 is 0 Å². The number of hydrogen-bond donors (Lipinski definition) is 0. The Morgan fingerprint density at radius 1 is 0.394 bits per heavy atom. The lowest BCUT2D eigenvalue weighted by molar-refractivity contribution is -0.400. The quantitative estimate of drug-likeness (QED) is 0.333. The van der Waals surface area contributed by atoms with Gasteiger partial charge in [-0.1, -0.05) is 0 Å². The van der Waals surface area contributed by atoms with E-state index in [4.69, 9.17) is 0 Å². The van der Waals surface area contributed by atoms with Crippen LogP contribution >= 0.6 is 0 Å². The Labute approximate surface area is 170 Å². The smallest absolute Gasteiger partial charge is 0.194 e. The molecule has 0 aliphatic rings. The van der Waals surface area contributed by atoms with E-state index in [9.17, 15) is 79.0 Å². The van der Waals surface area contributed by atoms with E-state index in [1.54, 1.807) is 0 Å². The molecule has 18 heteroatoms. The van der Waals surface area contributed by atoms with Crippen molar-refractivity contribution < 1.29 is 79.0 Å². The minimum absolute atomic E-state index is 0.583. The number of alkyl halides is 18. The Morgan fingerprint density at radius 3 is 0.848 bits per heavy atom. The highest BCUT2D eigenvalue weighted by atomic mass is 19.4. The second kappa shape index (κ2) is 7.48. The fourth-order valence-electron chi connectivity index (χ4n) is 2.17. The molecule has 0 aromatic heterocycles. The van der Waals surface area contributed by atoms with E-state index in [-0.39, 0.29) is 0 Å². The van der Waals surface area contributed by atoms with Gasteiger partial charge in [-0.05, 0) is 30.7 Å². The molecular weight excluding hydrogens is 522 g/mol. The first-order valence-corrected chi connectivity index (χ1v) is 7.49. The van der Waals surface area contributed by atoms with Crippen LogP contribution < -0.4 is 0 Å². The molecule has 0 aliphatic heterocycles. The van der Waals surface area contributed by atoms with Crippen LogP contribution in [0.1, 0.15) is 16.7 Å². The molecule has 191 valence electrons. The van der Waals surface area contributed by atoms with Crippen LogP contribution in [0.15, 0.2) is 18.2 Å². The highest BCUT2D eigenvalue weighted by Crippen LogP contribution is 2.59. The molecule has 1 aromatic carbocycles. The molecule has 0 spiro atoms. The summed E-state index contributed by atoms with van der Waals surface area (Å²) in [5.74, 6) is -43.7. The molecule has 0 amide bonds. The van der Waals surface area contributed by atoms with Crippen LogP contribution in [0, 0.1) is 6.92 Å². The molecule has 1 radical (unpaired) electrons. The van der Waals surface area contributed by atoms with Gasteiger partial charge in [0.2, 0.25) is 0 Å². The molecular formula is C15H5F18. The average molecular weight is 527 g/mol. The molecule has 0 unspecified atom stereocenters. The third-order valence-corrected chi connectivity index (χ3v) is 4.01. The van der Waals surface area contributed by atoms with Crippen molar-refractivity contribution in [2.24, 2.45) is 0 Å². The van der Waals surface area contributed by atoms with Gasteiger partial charge in [-0.25, -0.2) is 0 Å². The first-order valence-electron chi connectivity index (χ1n) is 7.49. The normalized spacial score (nSPS) is 15.7. The standard InChI is InChI=1S/C15H5F18/c1-5-2-6(8(16,17)10(20,21)12(24,25)14(28,29)30)4-7(3-5)9(18,19)11(22,23)13(26,27)15(31,32)33/h2-4H,1H2. The van der Waals surface area contributed by atoms with E-state index in [0.717, 1.165) is 0 Å². The van der Waals surface area contributed by atoms with E-state index in [1.165, 1.54) is 0 Å². The molecule has 1 aromatic rings. The largest absolute Gasteiger partial charge is 0.460 e. The summed E-state index contributed by atoms with van der Waals surface area (Å²) in [4.78, 5) is 0. The summed E-state index contributed by atoms with van der Waals surface area (Å²) in [5.41, 5.74) is -7.55. The van der Waals surface area contributed by atoms with Crippen LogP contribution in [0.2, 0.25) is 0 Å². The number of hydrogen-bond acceptors (Lipinski definition) is 0. The van der Waals surface area contributed by atoms with Crippen LogP contribution in [0.4, 0.5) is 79.0 Å². The molecule has 33 heavy (non-hydrogen) atoms. The molecule has 0 saturated carbocycles. The molecule has 0 bridgehead atoms. The van der Waals surface area contributed by atoms with E-state index in [1.807, 2.05) is 0 Å². The lowest BCUT2D eigenvalue weighted by Crippen LogP contribution is -2.60. The summed E-state index contributed by atoms with van der Waals surface area (Å²) >= 11 is 0. The Morgan fingerprint density at radius 2 is 0.636 bits per heavy atom. The summed E-state index contributed by atoms with van der Waals surface area (Å²) in [7, 11) is 0. The lowest BCUT2D eigenvalue weighted by Gasteiger charge is -2.35. The fourth-order valence-corrected chi connectivity index (χ4v) is 2.17. The predicted molar refractivity (Wildman–Crippen MR) is 70.6 cm³/mol. The van der Waals surface area contributed by atoms with Gasteiger partial charge in [0.15, 0.2) is 0 Å². The molecule has 0 heterocycles. The van der Waals surface area contributed by atoms with Crippen molar-refractivity contribution in [3.63, 3.8) is 0 Å². The second-order valence-corrected chi connectivity index (χ2v) is 6.36. The molecule has 0 saturated heterocycles. The summed E-state index contributed by atoms with van der Waals surface area (Å²) in [6, 6.07) is -2.52. The van der Waals surface area contributed by atoms with Crippen LogP contribution in [-0.2, 0) is 11.8 Å². The molecule has 0 fully saturated rings. The Bertz CT molecular complexity index is 804. The molecule has 1 rings (SSSR count). The van der Waals surface area contributed by atoms with E-state index in [2.05, 4.69) is 6.92 Å². The monoisotopic (exact) mass is 527 g/mol. The average Bonchev–Trinajstić information content (AvgIpc) is 2.58. The maximum absolute atomic E-state index is 13.9. The van der Waals surface area contributed by atoms with Crippen molar-refractivity contribution in [3.05, 3.63) is 41.8 Å². The van der Waals surface area contributed by atoms with Gasteiger partial charge in [0.05, 0.1) is 0 Å². The second-order valence-electron chi connectivity index (χ2n) is 6.36. The van der Waals surface area contributed by atoms with E-state index in [0.29, 0.717) is 0 Å². The van der Waals surface area contributed by atoms with Crippen LogP contribution in [0.5, 0.6) is 0 Å². The van der Waals surface area contributed by atoms with Gasteiger partial charge >= 0.3 is 47.9 Å². The van der Waals surface area contributed by atoms with Crippen LogP contribution in [0.25, 0.3) is 0 Å². The van der Waals surface area contributed by atoms with Gasteiger partial charge in [-0.2, -0.15) is 79.0 Å². The Hall–Kier alpha value is -2.04. The van der Waals surface area contributed by atoms with Gasteiger partial charge in [0, 0.05) is 11.1 Å². The molecule has 0 aliphatic carbocycles. The number of rotatable bonds is 6. The SMILES string of the molecule is [CH2]c1cc(C(F)(F)C(F)(F)C(F)(F)C(F)(F)F)cc(C(F)(F)C(F)(F)C(F)(F)C(F)(F)F)c1. The molecule has 0 nitrogen and oxygen atoms in total. The highest BCUT2D eigenvalue weighted by molar-refractivity contribution is 5.39. The van der Waals surface area contributed by atoms with Crippen LogP contribution in [0.3, 0.4) is 0 Å². The third-order valence-electron chi connectivity index (χ3n) is 4.01. The lowest BCUT2D eigenvalue weighted by atomic mass is 9.90. The van der Waals surface area contributed by atoms with Gasteiger partial charge in [0.1, 0.15) is 0 Å². The zero-order chi connectivity index (χ0) is 26.9. The maximum Gasteiger partial charge on any atom is 0.460 e. The maximum atomic E-state index is 13.9. The molecule has 0 atom stereocenters. The number of halogens is 18. The van der Waals surface area contributed by atoms with Gasteiger partial charge in [-0.15, -0.1) is 0 Å². The summed E-state index contributed by atoms with van der Waals surface area (Å²) < 4.78 is 234. The zero-order valence-corrected chi connectivity index (χ0v) is 14.7. The van der Waals surface area contributed by atoms with Crippen molar-refractivity contribution in [1.29, 1.82) is 0 Å². The van der Waals surface area contributed by atoms with Gasteiger partial charge in [0.25, 0.3) is 0 Å². The first kappa shape index (κ1) is 29.0. The third kappa shape index (κ3) is 4.06. The summed E-state index contributed by atoms with van der Waals surface area (Å²) in [6.07, 6.45) is -14.7. The minimum atomic E-state index is -7.56. The first-order chi connectivity index (χ1) is 14.1. The van der Waals surface area contributed by atoms with E-state index >= 15 is 0 Å². The molecule has 0 N–H and O–H groups in total. The Balaban J connectivity index is 3.80. The van der Waals surface area contributed by atoms with Crippen molar-refractivity contribution in [2.75, 3.05) is 0 Å². The highest BCUT2D eigenvalue weighted by Gasteiger charge is 2.83. The fraction of sp³-hybridized carbons (Fsp3) is 0.533. The topological polar surface area (TPSA) is 0 Å². The summed E-state index contributed by atoms with van der Waals surface area (Å²) in [5, 5.41) is 0. The van der Waals surface area contributed by atoms with Crippen molar-refractivity contribution in [3.8, 4) is 0 Å². The van der Waals surface area contributed by atoms with Crippen LogP contribution in [-0.4, -0.2) is 36.0 Å². The minimum Gasteiger partial charge on any atom is -0.194 e. The summed E-state index contributed by atoms with van der Waals surface area (Å²) in [6.45, 7) is 2.48. The predicted octanol–water partition coefficient (Wildman–Crippen LogP) is 7.72. The zero-order valence-electron chi connectivity index (χ0n) is 14.7. The van der Waals surface area contributed by atoms with E-state index < -0.39 is 82.8 Å². The van der Waals surface area contributed by atoms with Crippen molar-refractivity contribution in [1.82, 2.24) is 0 Å². The van der Waals surface area contributed by atoms with Gasteiger partial charge < -0.3 is 0 Å². The number of benzene rings is 1. The van der Waals surface area contributed by atoms with Crippen molar-refractivity contribution in [2.45, 2.75) is 47.9 Å². The van der Waals surface area contributed by atoms with Gasteiger partial charge in [-0.3, -0.25) is 0 Å².